The Morgan fingerprint density at radius 2 is 0.948 bits per heavy atom. The predicted molar refractivity (Wildman–Crippen MR) is 354 cm³/mol. The number of rotatable bonds is 2. The third-order valence-electron chi connectivity index (χ3n) is 12.8. The summed E-state index contributed by atoms with van der Waals surface area (Å²) in [7, 11) is 15.9. The number of nitrogen functional groups attached to an aromatic ring is 3. The molecule has 12 rings (SSSR count). The van der Waals surface area contributed by atoms with E-state index in [1.54, 1.807) is 79.8 Å². The van der Waals surface area contributed by atoms with Crippen LogP contribution in [0.4, 0.5) is 55.9 Å². The Hall–Kier alpha value is -9.11. The van der Waals surface area contributed by atoms with Crippen molar-refractivity contribution in [3.63, 3.8) is 0 Å². The second-order valence-electron chi connectivity index (χ2n) is 18.9. The number of fused-ring (bicyclic) bond motifs is 10. The van der Waals surface area contributed by atoms with Gasteiger partial charge in [-0.2, -0.15) is 15.0 Å². The molecule has 4 aliphatic heterocycles. The molecule has 8 aromatic rings. The van der Waals surface area contributed by atoms with Gasteiger partial charge in [0.1, 0.15) is 56.4 Å². The van der Waals surface area contributed by atoms with E-state index in [4.69, 9.17) is 97.3 Å². The monoisotopic (exact) mass is 1450 g/mol. The summed E-state index contributed by atoms with van der Waals surface area (Å²) in [5.41, 5.74) is 20.2. The van der Waals surface area contributed by atoms with Crippen LogP contribution in [0.2, 0.25) is 0 Å². The van der Waals surface area contributed by atoms with Gasteiger partial charge < -0.3 is 70.2 Å². The van der Waals surface area contributed by atoms with Gasteiger partial charge in [0.15, 0.2) is 46.3 Å². The molecule has 4 aliphatic rings. The quantitative estimate of drug-likeness (QED) is 0.0308. The van der Waals surface area contributed by atoms with Crippen molar-refractivity contribution in [2.75, 3.05) is 88.7 Å². The molecule has 26 nitrogen and oxygen atoms in total. The molecule has 3 aromatic carbocycles. The second kappa shape index (κ2) is 41.0. The number of nitrogens with zero attached hydrogens (tertiary/aromatic N) is 7. The molecule has 12 bridgehead atoms. The number of anilines is 4. The molecule has 0 aliphatic carbocycles. The van der Waals surface area contributed by atoms with Crippen LogP contribution in [-0.2, 0) is 43.8 Å². The van der Waals surface area contributed by atoms with Crippen molar-refractivity contribution in [1.29, 1.82) is 0 Å². The fourth-order valence-electron chi connectivity index (χ4n) is 8.75. The van der Waals surface area contributed by atoms with Gasteiger partial charge in [-0.3, -0.25) is 24.1 Å². The number of carbonyl (C=O) groups excluding carboxylic acids is 1. The Morgan fingerprint density at radius 3 is 1.29 bits per heavy atom. The van der Waals surface area contributed by atoms with Crippen molar-refractivity contribution in [3.05, 3.63) is 174 Å². The molecule has 0 spiro atoms. The first kappa shape index (κ1) is 81.1. The molecule has 96 heavy (non-hydrogen) atoms. The number of imidazole rings is 2. The fraction of sp³-hybridized carbons (Fsp3) is 0.311. The Kier molecular flexibility index (Phi) is 34.6. The Morgan fingerprint density at radius 1 is 0.604 bits per heavy atom. The van der Waals surface area contributed by atoms with Crippen molar-refractivity contribution < 1.29 is 89.7 Å². The zero-order chi connectivity index (χ0) is 67.6. The summed E-state index contributed by atoms with van der Waals surface area (Å²) in [4.78, 5) is 66.8. The van der Waals surface area contributed by atoms with Crippen LogP contribution >= 0.6 is 27.9 Å². The average molecular weight is 1450 g/mol. The van der Waals surface area contributed by atoms with Crippen molar-refractivity contribution in [2.45, 2.75) is 61.7 Å². The number of hydrogen-bond donors (Lipinski definition) is 6. The summed E-state index contributed by atoms with van der Waals surface area (Å²) in [6.07, 6.45) is 11.9. The zero-order valence-corrected chi connectivity index (χ0v) is 53.3. The van der Waals surface area contributed by atoms with Crippen LogP contribution in [0.1, 0.15) is 58.7 Å². The van der Waals surface area contributed by atoms with Crippen molar-refractivity contribution >= 4 is 84.9 Å². The third kappa shape index (κ3) is 23.1. The van der Waals surface area contributed by atoms with Crippen molar-refractivity contribution in [2.24, 2.45) is 0 Å². The van der Waals surface area contributed by atoms with Crippen LogP contribution in [0.25, 0.3) is 22.1 Å². The minimum atomic E-state index is -1.92. The normalized spacial score (nSPS) is 14.3. The number of nitro groups is 1. The Labute approximate surface area is 565 Å². The number of aliphatic hydroxyl groups excluding tert-OH is 1. The Balaban J connectivity index is 0.000000339. The molecular formula is C61H73Cl3F5N12O14Ti. The van der Waals surface area contributed by atoms with E-state index < -0.39 is 54.7 Å². The van der Waals surface area contributed by atoms with E-state index >= 15 is 0 Å². The summed E-state index contributed by atoms with van der Waals surface area (Å²) in [6, 6.07) is 17.6. The molecule has 0 atom stereocenters. The number of aromatic amines is 2. The predicted octanol–water partition coefficient (Wildman–Crippen LogP) is 12.1. The fourth-order valence-corrected chi connectivity index (χ4v) is 8.75. The first-order chi connectivity index (χ1) is 44.9. The summed E-state index contributed by atoms with van der Waals surface area (Å²) in [5, 5.41) is 18.6. The standard InChI is InChI=1S/C19H19FN4O6.2C17H15FN4O3.C4H8O.CH4O.3CH4.3ClH.F2.Ti/c1-2-28-19(25)23-11-12-5-6-13(20)15(9-12)29-7-3-4-8-30-16-10-14(23)17(24(26)27)18(21)22-16;2*18-11-4-3-10-7-13(11)24-5-1-2-6-25-14-8-12-15(16(19)20-14)21-17(23)22(12)9-10;1-2-4-5-3-1;1-2;;;;;;;1-2;/h3-6,9-10H,2,7-8,11H2,1H3,(H2,21,22);2*1-4,7-8H,5-6,9H2,(H2,19,20)(H,21,23);1-4H2;2H,1H3;3*1H4;3*1H;;/q;;;;;;;;;;;;+3/p-3/b4-3+;2*2-1+;;;;;;;;;;. The maximum absolute atomic E-state index is 14.1. The van der Waals surface area contributed by atoms with Gasteiger partial charge >= 0.3 is 65.8 Å². The number of nitrogens with one attached hydrogen (secondary N) is 2. The Bertz CT molecular complexity index is 3870. The number of aromatic nitrogens is 7. The SMILES string of the molecule is C.C.C.C1CCOC1.CCOC(=O)N1Cc2ccc(F)c(c2)OC/C=C/COc2cc1c([N+](=O)[O-])c(N)n2.CO.FF.Nc1nc2cc3c1[nH]c(=O)n3Cc1ccc(F)c(c1)OC/C=C/CO2.Nc1nc2cc3c1[nH]c(=O)n3Cc1ccc(F)c(c1)OC/C=C/CO2.[Cl][Ti]([Cl])[Cl]. The number of amides is 1. The molecule has 0 saturated carbocycles. The number of pyridine rings is 3. The number of benzene rings is 3. The second-order valence-corrected chi connectivity index (χ2v) is 26.6. The molecule has 5 aromatic heterocycles. The number of ether oxygens (including phenoxy) is 8. The van der Waals surface area contributed by atoms with Crippen LogP contribution in [0, 0.1) is 27.6 Å². The minimum absolute atomic E-state index is 0. The molecule has 9 heterocycles. The molecule has 0 radical (unpaired) electrons. The van der Waals surface area contributed by atoms with Gasteiger partial charge in [0.05, 0.1) is 42.2 Å². The number of hydrogen-bond acceptors (Lipinski definition) is 20. The number of nitrogens with two attached hydrogens (primary N) is 3. The number of carbonyl (C=O) groups is 1. The van der Waals surface area contributed by atoms with Gasteiger partial charge in [-0.25, -0.2) is 27.6 Å². The van der Waals surface area contributed by atoms with Crippen molar-refractivity contribution in [3.8, 4) is 34.9 Å². The van der Waals surface area contributed by atoms with Gasteiger partial charge in [0.2, 0.25) is 23.5 Å². The first-order valence-electron chi connectivity index (χ1n) is 27.6. The van der Waals surface area contributed by atoms with Crippen molar-refractivity contribution in [1.82, 2.24) is 34.1 Å². The molecule has 35 heteroatoms. The van der Waals surface area contributed by atoms with Crippen LogP contribution in [0.15, 0.2) is 119 Å². The first-order valence-corrected chi connectivity index (χ1v) is 34.1. The van der Waals surface area contributed by atoms with Crippen LogP contribution < -0.4 is 61.9 Å². The van der Waals surface area contributed by atoms with E-state index in [2.05, 4.69) is 24.9 Å². The molecule has 1 amide bonds. The number of halogens is 8. The zero-order valence-electron chi connectivity index (χ0n) is 49.4. The van der Waals surface area contributed by atoms with Crippen LogP contribution in [-0.4, -0.2) is 117 Å². The molecule has 1 saturated heterocycles. The van der Waals surface area contributed by atoms with Gasteiger partial charge in [-0.1, -0.05) is 40.5 Å². The molecule has 1 fully saturated rings. The van der Waals surface area contributed by atoms with Gasteiger partial charge in [-0.15, -0.1) is 0 Å². The van der Waals surface area contributed by atoms with E-state index in [-0.39, 0.29) is 140 Å². The topological polar surface area (TPSA) is 350 Å². The summed E-state index contributed by atoms with van der Waals surface area (Å²) >= 11 is -1.92. The van der Waals surface area contributed by atoms with Crippen LogP contribution in [0.3, 0.4) is 0 Å². The summed E-state index contributed by atoms with van der Waals surface area (Å²) in [5.74, 6) is -0.672. The molecule has 9 N–H and O–H groups in total. The van der Waals surface area contributed by atoms with E-state index in [0.717, 1.165) is 36.4 Å². The van der Waals surface area contributed by atoms with E-state index in [1.807, 2.05) is 0 Å². The molecular weight excluding hydrogens is 1370 g/mol. The van der Waals surface area contributed by atoms with E-state index in [1.165, 1.54) is 58.4 Å². The maximum atomic E-state index is 14.1. The van der Waals surface area contributed by atoms with Gasteiger partial charge in [-0.05, 0) is 109 Å². The van der Waals surface area contributed by atoms with Crippen LogP contribution in [0.5, 0.6) is 34.9 Å². The van der Waals surface area contributed by atoms with Gasteiger partial charge in [0.25, 0.3) is 0 Å². The average Bonchev–Trinajstić information content (AvgIpc) is 1.71. The van der Waals surface area contributed by atoms with E-state index in [0.29, 0.717) is 39.4 Å². The third-order valence-corrected chi connectivity index (χ3v) is 12.8. The summed E-state index contributed by atoms with van der Waals surface area (Å²) < 4.78 is 104. The molecule has 0 unspecified atom stereocenters. The number of aliphatic hydroxyl groups is 1. The summed E-state index contributed by atoms with van der Waals surface area (Å²) in [6.45, 7) is 4.97. The molecule has 521 valence electrons. The van der Waals surface area contributed by atoms with E-state index in [9.17, 15) is 37.7 Å². The van der Waals surface area contributed by atoms with Gasteiger partial charge in [0, 0.05) is 47.7 Å². The number of H-pyrrole nitrogens is 2.